The molecular formula is C19H19F3N6O. The highest BCUT2D eigenvalue weighted by Crippen LogP contribution is 2.27. The molecule has 1 N–H and O–H groups in total. The van der Waals surface area contributed by atoms with Crippen molar-refractivity contribution < 1.29 is 18.0 Å². The highest BCUT2D eigenvalue weighted by molar-refractivity contribution is 5.94. The Labute approximate surface area is 164 Å². The smallest absolute Gasteiger partial charge is 0.282 e. The monoisotopic (exact) mass is 404 g/mol. The Morgan fingerprint density at radius 2 is 2.14 bits per heavy atom. The number of nitrogens with one attached hydrogen (secondary N) is 1. The lowest BCUT2D eigenvalue weighted by Gasteiger charge is -2.19. The van der Waals surface area contributed by atoms with Gasteiger partial charge >= 0.3 is 0 Å². The van der Waals surface area contributed by atoms with Crippen LogP contribution in [0, 0.1) is 5.82 Å². The topological polar surface area (TPSA) is 74.9 Å². The summed E-state index contributed by atoms with van der Waals surface area (Å²) in [7, 11) is 0. The van der Waals surface area contributed by atoms with Crippen molar-refractivity contribution in [1.82, 2.24) is 14.9 Å². The number of carbonyl (C=O) groups excluding carboxylic acids is 1. The second-order valence-electron chi connectivity index (χ2n) is 6.84. The quantitative estimate of drug-likeness (QED) is 0.832. The summed E-state index contributed by atoms with van der Waals surface area (Å²) in [5.41, 5.74) is 0.192. The van der Waals surface area contributed by atoms with Crippen LogP contribution in [-0.2, 0) is 19.5 Å². The minimum Gasteiger partial charge on any atom is -0.347 e. The van der Waals surface area contributed by atoms with Crippen LogP contribution in [-0.4, -0.2) is 34.6 Å². The van der Waals surface area contributed by atoms with Gasteiger partial charge in [0, 0.05) is 19.5 Å². The molecule has 2 aliphatic heterocycles. The van der Waals surface area contributed by atoms with Gasteiger partial charge in [-0.1, -0.05) is 6.07 Å². The van der Waals surface area contributed by atoms with E-state index < -0.39 is 23.8 Å². The summed E-state index contributed by atoms with van der Waals surface area (Å²) < 4.78 is 42.8. The molecule has 0 fully saturated rings. The Balaban J connectivity index is 1.50. The third-order valence-corrected chi connectivity index (χ3v) is 4.93. The van der Waals surface area contributed by atoms with Crippen LogP contribution in [0.15, 0.2) is 28.3 Å². The fourth-order valence-corrected chi connectivity index (χ4v) is 3.54. The van der Waals surface area contributed by atoms with E-state index in [9.17, 15) is 18.0 Å². The van der Waals surface area contributed by atoms with Gasteiger partial charge < -0.3 is 9.88 Å². The second kappa shape index (κ2) is 8.08. The number of alkyl halides is 2. The van der Waals surface area contributed by atoms with E-state index in [1.165, 1.54) is 11.1 Å². The fraction of sp³-hybridized carbons (Fsp3) is 0.421. The van der Waals surface area contributed by atoms with Crippen LogP contribution < -0.4 is 10.3 Å². The summed E-state index contributed by atoms with van der Waals surface area (Å²) in [6.45, 7) is 1.41. The summed E-state index contributed by atoms with van der Waals surface area (Å²) in [5, 5.41) is 7.96. The van der Waals surface area contributed by atoms with E-state index in [0.29, 0.717) is 37.4 Å². The number of amides is 1. The number of anilines is 1. The van der Waals surface area contributed by atoms with Gasteiger partial charge in [0.25, 0.3) is 12.3 Å². The molecule has 0 atom stereocenters. The fourth-order valence-electron chi connectivity index (χ4n) is 3.54. The van der Waals surface area contributed by atoms with E-state index in [1.807, 2.05) is 0 Å². The largest absolute Gasteiger partial charge is 0.347 e. The van der Waals surface area contributed by atoms with Gasteiger partial charge in [0.1, 0.15) is 29.0 Å². The zero-order chi connectivity index (χ0) is 20.4. The molecule has 10 heteroatoms. The standard InChI is InChI=1S/C19H19F3N6O/c20-13-9-12(4-5-14(13)28-8-6-23-11-25-28)10-24-19(29)17-16(18(21)22)26-15-3-1-2-7-27(15)17/h4-5,9,18H,1-3,6-8,10H2,(H,24,29). The number of rotatable bonds is 5. The molecule has 1 aromatic carbocycles. The van der Waals surface area contributed by atoms with Crippen LogP contribution in [0.4, 0.5) is 18.9 Å². The molecule has 1 amide bonds. The molecular weight excluding hydrogens is 385 g/mol. The molecule has 7 nitrogen and oxygen atoms in total. The Bertz CT molecular complexity index is 996. The maximum absolute atomic E-state index is 14.4. The van der Waals surface area contributed by atoms with E-state index in [2.05, 4.69) is 26.4 Å². The van der Waals surface area contributed by atoms with Crippen molar-refractivity contribution in [1.29, 1.82) is 0 Å². The Morgan fingerprint density at radius 3 is 2.86 bits per heavy atom. The first-order valence-electron chi connectivity index (χ1n) is 9.38. The van der Waals surface area contributed by atoms with Gasteiger partial charge in [-0.25, -0.2) is 23.1 Å². The predicted molar refractivity (Wildman–Crippen MR) is 99.8 cm³/mol. The minimum atomic E-state index is -2.83. The highest BCUT2D eigenvalue weighted by Gasteiger charge is 2.29. The molecule has 0 radical (unpaired) electrons. The van der Waals surface area contributed by atoms with Crippen molar-refractivity contribution >= 4 is 17.6 Å². The number of imidazole rings is 1. The molecule has 3 heterocycles. The molecule has 2 aliphatic rings. The molecule has 0 bridgehead atoms. The predicted octanol–water partition coefficient (Wildman–Crippen LogP) is 3.14. The van der Waals surface area contributed by atoms with E-state index in [4.69, 9.17) is 0 Å². The number of aromatic nitrogens is 2. The lowest BCUT2D eigenvalue weighted by atomic mass is 10.1. The molecule has 0 spiro atoms. The van der Waals surface area contributed by atoms with Gasteiger partial charge in [-0.15, -0.1) is 5.10 Å². The first-order chi connectivity index (χ1) is 14.0. The van der Waals surface area contributed by atoms with Crippen LogP contribution >= 0.6 is 0 Å². The first-order valence-corrected chi connectivity index (χ1v) is 9.38. The molecule has 29 heavy (non-hydrogen) atoms. The van der Waals surface area contributed by atoms with E-state index in [-0.39, 0.29) is 17.9 Å². The highest BCUT2D eigenvalue weighted by atomic mass is 19.3. The maximum Gasteiger partial charge on any atom is 0.282 e. The average molecular weight is 404 g/mol. The Kier molecular flexibility index (Phi) is 5.35. The van der Waals surface area contributed by atoms with Gasteiger partial charge in [-0.3, -0.25) is 9.80 Å². The molecule has 0 aliphatic carbocycles. The number of hydrazone groups is 1. The molecule has 0 saturated heterocycles. The van der Waals surface area contributed by atoms with Gasteiger partial charge in [0.15, 0.2) is 0 Å². The first kappa shape index (κ1) is 19.2. The molecule has 2 aromatic rings. The van der Waals surface area contributed by atoms with E-state index >= 15 is 0 Å². The number of benzene rings is 1. The maximum atomic E-state index is 14.4. The SMILES string of the molecule is O=C(NCc1ccc(N2CCN=C=N2)c(F)c1)c1c(C(F)F)nc2n1CCCC2. The van der Waals surface area contributed by atoms with Crippen molar-refractivity contribution in [3.05, 3.63) is 46.8 Å². The number of nitrogens with zero attached hydrogens (tertiary/aromatic N) is 5. The van der Waals surface area contributed by atoms with Crippen LogP contribution in [0.3, 0.4) is 0 Å². The number of hydrogen-bond donors (Lipinski definition) is 1. The normalized spacial score (nSPS) is 15.7. The number of fused-ring (bicyclic) bond motifs is 1. The van der Waals surface area contributed by atoms with Crippen LogP contribution in [0.25, 0.3) is 0 Å². The van der Waals surface area contributed by atoms with Crippen LogP contribution in [0.1, 0.15) is 46.8 Å². The minimum absolute atomic E-state index is 0.00392. The van der Waals surface area contributed by atoms with Gasteiger partial charge in [-0.05, 0) is 30.5 Å². The van der Waals surface area contributed by atoms with Crippen molar-refractivity contribution in [3.8, 4) is 0 Å². The van der Waals surface area contributed by atoms with Gasteiger partial charge in [0.05, 0.1) is 18.8 Å². The van der Waals surface area contributed by atoms with Crippen molar-refractivity contribution in [2.45, 2.75) is 38.8 Å². The zero-order valence-electron chi connectivity index (χ0n) is 15.5. The van der Waals surface area contributed by atoms with Crippen LogP contribution in [0.5, 0.6) is 0 Å². The summed E-state index contributed by atoms with van der Waals surface area (Å²) >= 11 is 0. The molecule has 0 unspecified atom stereocenters. The van der Waals surface area contributed by atoms with Crippen molar-refractivity contribution in [2.75, 3.05) is 18.1 Å². The van der Waals surface area contributed by atoms with Gasteiger partial charge in [-0.2, -0.15) is 0 Å². The van der Waals surface area contributed by atoms with Gasteiger partial charge in [0.2, 0.25) is 0 Å². The molecule has 1 aromatic heterocycles. The third-order valence-electron chi connectivity index (χ3n) is 4.93. The molecule has 0 saturated carbocycles. The number of carbonyl (C=O) groups is 1. The van der Waals surface area contributed by atoms with Crippen molar-refractivity contribution in [2.24, 2.45) is 10.1 Å². The number of aryl methyl sites for hydroxylation is 1. The third kappa shape index (κ3) is 3.88. The van der Waals surface area contributed by atoms with Crippen LogP contribution in [0.2, 0.25) is 0 Å². The summed E-state index contributed by atoms with van der Waals surface area (Å²) in [5.74, 6) is -0.626. The lowest BCUT2D eigenvalue weighted by Crippen LogP contribution is -2.28. The van der Waals surface area contributed by atoms with E-state index in [0.717, 1.165) is 12.8 Å². The summed E-state index contributed by atoms with van der Waals surface area (Å²) in [4.78, 5) is 20.4. The number of halogens is 3. The summed E-state index contributed by atoms with van der Waals surface area (Å²) in [6, 6.07) is 6.95. The lowest BCUT2D eigenvalue weighted by molar-refractivity contribution is 0.0924. The number of hydrogen-bond acceptors (Lipinski definition) is 5. The average Bonchev–Trinajstić information content (AvgIpc) is 3.13. The van der Waals surface area contributed by atoms with Crippen molar-refractivity contribution in [3.63, 3.8) is 0 Å². The Hall–Kier alpha value is -3.13. The summed E-state index contributed by atoms with van der Waals surface area (Å²) in [6.07, 6.45) is -0.593. The number of aliphatic imine (C=N–C) groups is 1. The molecule has 152 valence electrons. The zero-order valence-corrected chi connectivity index (χ0v) is 15.5. The molecule has 4 rings (SSSR count). The Morgan fingerprint density at radius 1 is 1.28 bits per heavy atom. The second-order valence-corrected chi connectivity index (χ2v) is 6.84. The van der Waals surface area contributed by atoms with E-state index in [1.54, 1.807) is 16.7 Å².